The second-order valence-corrected chi connectivity index (χ2v) is 6.17. The highest BCUT2D eigenvalue weighted by Crippen LogP contribution is 2.26. The molecule has 0 radical (unpaired) electrons. The van der Waals surface area contributed by atoms with Gasteiger partial charge < -0.3 is 10.6 Å². The van der Waals surface area contributed by atoms with Crippen molar-refractivity contribution in [3.63, 3.8) is 0 Å². The fraction of sp³-hybridized carbons (Fsp3) is 0.312. The van der Waals surface area contributed by atoms with E-state index in [0.29, 0.717) is 6.54 Å². The third kappa shape index (κ3) is 3.68. The number of rotatable bonds is 5. The number of carbonyl (C=O) groups is 1. The quantitative estimate of drug-likeness (QED) is 0.876. The Labute approximate surface area is 137 Å². The monoisotopic (exact) mass is 337 g/mol. The van der Waals surface area contributed by atoms with Gasteiger partial charge in [-0.2, -0.15) is 11.3 Å². The highest BCUT2D eigenvalue weighted by molar-refractivity contribution is 7.07. The van der Waals surface area contributed by atoms with Crippen LogP contribution in [0.5, 0.6) is 0 Å². The number of likely N-dealkylation sites (tertiary alicyclic amines) is 1. The molecule has 0 saturated carbocycles. The summed E-state index contributed by atoms with van der Waals surface area (Å²) >= 11 is 1.61. The summed E-state index contributed by atoms with van der Waals surface area (Å²) < 4.78 is 27.1. The molecule has 7 heteroatoms. The molecule has 3 rings (SSSR count). The van der Waals surface area contributed by atoms with E-state index in [1.54, 1.807) is 11.3 Å². The van der Waals surface area contributed by atoms with E-state index in [9.17, 15) is 13.6 Å². The molecule has 2 aromatic rings. The predicted octanol–water partition coefficient (Wildman–Crippen LogP) is 3.59. The van der Waals surface area contributed by atoms with Gasteiger partial charge in [0, 0.05) is 19.6 Å². The summed E-state index contributed by atoms with van der Waals surface area (Å²) in [5, 5.41) is 8.99. The Morgan fingerprint density at radius 2 is 2.00 bits per heavy atom. The van der Waals surface area contributed by atoms with Crippen molar-refractivity contribution in [2.75, 3.05) is 25.0 Å². The van der Waals surface area contributed by atoms with Gasteiger partial charge in [-0.3, -0.25) is 4.90 Å². The van der Waals surface area contributed by atoms with Crippen molar-refractivity contribution in [1.82, 2.24) is 10.2 Å². The zero-order chi connectivity index (χ0) is 16.2. The van der Waals surface area contributed by atoms with Crippen molar-refractivity contribution in [2.24, 2.45) is 0 Å². The first-order chi connectivity index (χ1) is 11.1. The van der Waals surface area contributed by atoms with Crippen molar-refractivity contribution >= 4 is 23.1 Å². The van der Waals surface area contributed by atoms with Crippen molar-refractivity contribution in [3.05, 3.63) is 52.2 Å². The first-order valence-electron chi connectivity index (χ1n) is 7.40. The largest absolute Gasteiger partial charge is 0.336 e. The van der Waals surface area contributed by atoms with Crippen molar-refractivity contribution in [3.8, 4) is 0 Å². The summed E-state index contributed by atoms with van der Waals surface area (Å²) in [6.45, 7) is 2.37. The fourth-order valence-corrected chi connectivity index (χ4v) is 3.25. The maximum atomic E-state index is 13.5. The second kappa shape index (κ2) is 7.06. The number of amides is 2. The minimum absolute atomic E-state index is 0.0891. The van der Waals surface area contributed by atoms with E-state index < -0.39 is 23.4 Å². The van der Waals surface area contributed by atoms with Crippen LogP contribution in [-0.2, 0) is 0 Å². The highest BCUT2D eigenvalue weighted by Gasteiger charge is 2.26. The molecule has 0 bridgehead atoms. The topological polar surface area (TPSA) is 44.4 Å². The smallest absolute Gasteiger partial charge is 0.319 e. The molecule has 2 amide bonds. The van der Waals surface area contributed by atoms with Crippen LogP contribution in [0.15, 0.2) is 35.0 Å². The molecule has 1 aliphatic heterocycles. The molecule has 1 aliphatic rings. The van der Waals surface area contributed by atoms with E-state index in [1.165, 1.54) is 6.07 Å². The Balaban J connectivity index is 1.61. The Morgan fingerprint density at radius 1 is 1.26 bits per heavy atom. The van der Waals surface area contributed by atoms with Crippen LogP contribution in [-0.4, -0.2) is 30.6 Å². The Kier molecular flexibility index (Phi) is 4.88. The molecule has 1 fully saturated rings. The van der Waals surface area contributed by atoms with Gasteiger partial charge >= 0.3 is 6.03 Å². The normalized spacial score (nSPS) is 15.7. The van der Waals surface area contributed by atoms with Gasteiger partial charge in [0.2, 0.25) is 0 Å². The lowest BCUT2D eigenvalue weighted by Gasteiger charge is -2.38. The first-order valence-corrected chi connectivity index (χ1v) is 8.34. The summed E-state index contributed by atoms with van der Waals surface area (Å²) in [6.07, 6.45) is 1.15. The van der Waals surface area contributed by atoms with Gasteiger partial charge in [0.15, 0.2) is 0 Å². The third-order valence-corrected chi connectivity index (χ3v) is 4.62. The number of urea groups is 1. The van der Waals surface area contributed by atoms with E-state index in [0.717, 1.165) is 37.2 Å². The number of nitrogens with one attached hydrogen (secondary N) is 2. The zero-order valence-corrected chi connectivity index (χ0v) is 13.2. The third-order valence-electron chi connectivity index (χ3n) is 3.92. The number of hydrogen-bond donors (Lipinski definition) is 2. The Bertz CT molecular complexity index is 654. The molecule has 0 spiro atoms. The molecule has 0 unspecified atom stereocenters. The molecular formula is C16H17F2N3OS. The van der Waals surface area contributed by atoms with Crippen LogP contribution >= 0.6 is 11.3 Å². The van der Waals surface area contributed by atoms with E-state index in [1.807, 2.05) is 11.4 Å². The number of thiophene rings is 1. The van der Waals surface area contributed by atoms with Crippen LogP contribution in [0, 0.1) is 11.6 Å². The molecule has 122 valence electrons. The predicted molar refractivity (Wildman–Crippen MR) is 86.6 cm³/mol. The van der Waals surface area contributed by atoms with Gasteiger partial charge in [-0.05, 0) is 40.9 Å². The van der Waals surface area contributed by atoms with Crippen molar-refractivity contribution < 1.29 is 13.6 Å². The lowest BCUT2D eigenvalue weighted by atomic mass is 10.0. The maximum Gasteiger partial charge on any atom is 0.319 e. The van der Waals surface area contributed by atoms with Gasteiger partial charge in [-0.25, -0.2) is 13.6 Å². The van der Waals surface area contributed by atoms with Gasteiger partial charge in [0.1, 0.15) is 17.3 Å². The van der Waals surface area contributed by atoms with Gasteiger partial charge in [0.05, 0.1) is 6.04 Å². The fourth-order valence-electron chi connectivity index (χ4n) is 2.54. The summed E-state index contributed by atoms with van der Waals surface area (Å²) in [6, 6.07) is 4.97. The number of hydrogen-bond acceptors (Lipinski definition) is 3. The van der Waals surface area contributed by atoms with Crippen LogP contribution in [0.4, 0.5) is 19.3 Å². The molecule has 2 N–H and O–H groups in total. The van der Waals surface area contributed by atoms with Crippen LogP contribution in [0.1, 0.15) is 18.0 Å². The van der Waals surface area contributed by atoms with E-state index in [2.05, 4.69) is 20.9 Å². The van der Waals surface area contributed by atoms with Gasteiger partial charge in [-0.1, -0.05) is 6.07 Å². The molecule has 0 aliphatic carbocycles. The van der Waals surface area contributed by atoms with Crippen molar-refractivity contribution in [1.29, 1.82) is 0 Å². The van der Waals surface area contributed by atoms with E-state index in [4.69, 9.17) is 0 Å². The van der Waals surface area contributed by atoms with Gasteiger partial charge in [-0.15, -0.1) is 0 Å². The molecular weight excluding hydrogens is 320 g/mol. The molecule has 1 aromatic heterocycles. The molecule has 1 atom stereocenters. The number of halogens is 2. The van der Waals surface area contributed by atoms with Crippen LogP contribution < -0.4 is 10.6 Å². The van der Waals surface area contributed by atoms with Crippen LogP contribution in [0.25, 0.3) is 0 Å². The summed E-state index contributed by atoms with van der Waals surface area (Å²) in [7, 11) is 0. The summed E-state index contributed by atoms with van der Waals surface area (Å²) in [5.41, 5.74) is 0.716. The number of para-hydroxylation sites is 1. The SMILES string of the molecule is O=C(NC[C@@H](c1ccsc1)N1CCC1)Nc1c(F)cccc1F. The lowest BCUT2D eigenvalue weighted by molar-refractivity contribution is 0.118. The summed E-state index contributed by atoms with van der Waals surface area (Å²) in [4.78, 5) is 14.2. The maximum absolute atomic E-state index is 13.5. The molecule has 1 aromatic carbocycles. The first kappa shape index (κ1) is 15.9. The van der Waals surface area contributed by atoms with E-state index in [-0.39, 0.29) is 6.04 Å². The molecule has 4 nitrogen and oxygen atoms in total. The molecule has 1 saturated heterocycles. The van der Waals surface area contributed by atoms with E-state index >= 15 is 0 Å². The summed E-state index contributed by atoms with van der Waals surface area (Å²) in [5.74, 6) is -1.59. The average molecular weight is 337 g/mol. The molecule has 2 heterocycles. The van der Waals surface area contributed by atoms with Crippen molar-refractivity contribution in [2.45, 2.75) is 12.5 Å². The number of benzene rings is 1. The number of anilines is 1. The Morgan fingerprint density at radius 3 is 2.57 bits per heavy atom. The van der Waals surface area contributed by atoms with Crippen LogP contribution in [0.2, 0.25) is 0 Å². The highest BCUT2D eigenvalue weighted by atomic mass is 32.1. The number of carbonyl (C=O) groups excluding carboxylic acids is 1. The average Bonchev–Trinajstić information content (AvgIpc) is 2.99. The Hall–Kier alpha value is -1.99. The van der Waals surface area contributed by atoms with Crippen LogP contribution in [0.3, 0.4) is 0 Å². The second-order valence-electron chi connectivity index (χ2n) is 5.39. The number of nitrogens with zero attached hydrogens (tertiary/aromatic N) is 1. The van der Waals surface area contributed by atoms with Gasteiger partial charge in [0.25, 0.3) is 0 Å². The standard InChI is InChI=1S/C16H17F2N3OS/c17-12-3-1-4-13(18)15(12)20-16(22)19-9-14(21-6-2-7-21)11-5-8-23-10-11/h1,3-5,8,10,14H,2,6-7,9H2,(H2,19,20,22)/t14-/m0/s1. The lowest BCUT2D eigenvalue weighted by Crippen LogP contribution is -2.45. The molecule has 23 heavy (non-hydrogen) atoms. The minimum Gasteiger partial charge on any atom is -0.336 e. The minimum atomic E-state index is -0.794. The zero-order valence-electron chi connectivity index (χ0n) is 12.4.